The van der Waals surface area contributed by atoms with Gasteiger partial charge in [0, 0.05) is 13.1 Å². The summed E-state index contributed by atoms with van der Waals surface area (Å²) >= 11 is 5.44. The maximum Gasteiger partial charge on any atom is 0.410 e. The predicted octanol–water partition coefficient (Wildman–Crippen LogP) is 1.86. The van der Waals surface area contributed by atoms with Gasteiger partial charge >= 0.3 is 6.09 Å². The third kappa shape index (κ3) is 5.06. The number of rotatable bonds is 6. The summed E-state index contributed by atoms with van der Waals surface area (Å²) in [6.07, 6.45) is -0.455. The third-order valence-electron chi connectivity index (χ3n) is 2.15. The van der Waals surface area contributed by atoms with Gasteiger partial charge in [0.2, 0.25) is 0 Å². The fraction of sp³-hybridized carbons (Fsp3) is 0.417. The zero-order valence-corrected chi connectivity index (χ0v) is 10.3. The highest BCUT2D eigenvalue weighted by molar-refractivity contribution is 6.18. The molecule has 0 unspecified atom stereocenters. The highest BCUT2D eigenvalue weighted by atomic mass is 35.5. The van der Waals surface area contributed by atoms with Gasteiger partial charge < -0.3 is 14.7 Å². The molecule has 0 bridgehead atoms. The number of hydrogen-bond acceptors (Lipinski definition) is 3. The van der Waals surface area contributed by atoms with E-state index in [-0.39, 0.29) is 25.6 Å². The van der Waals surface area contributed by atoms with Crippen molar-refractivity contribution in [3.05, 3.63) is 35.9 Å². The van der Waals surface area contributed by atoms with Gasteiger partial charge in [0.15, 0.2) is 0 Å². The summed E-state index contributed by atoms with van der Waals surface area (Å²) in [5.41, 5.74) is 0.990. The monoisotopic (exact) mass is 257 g/mol. The summed E-state index contributed by atoms with van der Waals surface area (Å²) in [4.78, 5) is 13.1. The molecule has 5 heteroatoms. The Hall–Kier alpha value is -1.26. The topological polar surface area (TPSA) is 49.8 Å². The van der Waals surface area contributed by atoms with Crippen molar-refractivity contribution in [3.8, 4) is 0 Å². The predicted molar refractivity (Wildman–Crippen MR) is 66.0 cm³/mol. The third-order valence-corrected chi connectivity index (χ3v) is 2.30. The molecule has 1 amide bonds. The number of carbonyl (C=O) groups is 1. The van der Waals surface area contributed by atoms with Crippen molar-refractivity contribution < 1.29 is 14.6 Å². The molecule has 1 rings (SSSR count). The summed E-state index contributed by atoms with van der Waals surface area (Å²) in [5.74, 6) is 0.268. The number of aliphatic hydroxyl groups is 1. The average molecular weight is 258 g/mol. The van der Waals surface area contributed by atoms with Crippen molar-refractivity contribution in [2.24, 2.45) is 0 Å². The van der Waals surface area contributed by atoms with Crippen LogP contribution in [0.5, 0.6) is 0 Å². The standard InChI is InChI=1S/C12H16ClNO3/c13-6-9-17-12(16)14(7-8-15)10-11-4-2-1-3-5-11/h1-5,15H,6-10H2. The van der Waals surface area contributed by atoms with Crippen LogP contribution in [0.2, 0.25) is 0 Å². The Balaban J connectivity index is 2.56. The number of nitrogens with zero attached hydrogens (tertiary/aromatic N) is 1. The summed E-state index contributed by atoms with van der Waals surface area (Å²) in [5, 5.41) is 8.91. The Morgan fingerprint density at radius 1 is 1.35 bits per heavy atom. The molecular weight excluding hydrogens is 242 g/mol. The second kappa shape index (κ2) is 7.92. The van der Waals surface area contributed by atoms with Gasteiger partial charge in [-0.05, 0) is 5.56 Å². The summed E-state index contributed by atoms with van der Waals surface area (Å²) < 4.78 is 4.92. The molecule has 1 N–H and O–H groups in total. The molecule has 0 aliphatic rings. The quantitative estimate of drug-likeness (QED) is 0.792. The van der Waals surface area contributed by atoms with E-state index in [1.165, 1.54) is 4.90 Å². The molecule has 0 atom stereocenters. The minimum atomic E-state index is -0.455. The van der Waals surface area contributed by atoms with E-state index in [1.54, 1.807) is 0 Å². The van der Waals surface area contributed by atoms with E-state index in [0.29, 0.717) is 6.54 Å². The second-order valence-electron chi connectivity index (χ2n) is 3.43. The normalized spacial score (nSPS) is 10.0. The van der Waals surface area contributed by atoms with Crippen molar-refractivity contribution in [2.45, 2.75) is 6.54 Å². The van der Waals surface area contributed by atoms with Gasteiger partial charge in [0.05, 0.1) is 12.5 Å². The molecular formula is C12H16ClNO3. The maximum absolute atomic E-state index is 11.6. The fourth-order valence-corrected chi connectivity index (χ4v) is 1.45. The zero-order chi connectivity index (χ0) is 12.5. The molecule has 0 aliphatic heterocycles. The summed E-state index contributed by atoms with van der Waals surface area (Å²) in [6, 6.07) is 9.54. The number of hydrogen-bond donors (Lipinski definition) is 1. The Bertz CT molecular complexity index is 332. The minimum Gasteiger partial charge on any atom is -0.448 e. The van der Waals surface area contributed by atoms with Gasteiger partial charge in [-0.3, -0.25) is 0 Å². The van der Waals surface area contributed by atoms with Crippen LogP contribution in [0, 0.1) is 0 Å². The van der Waals surface area contributed by atoms with Crippen molar-refractivity contribution in [3.63, 3.8) is 0 Å². The maximum atomic E-state index is 11.6. The smallest absolute Gasteiger partial charge is 0.410 e. The van der Waals surface area contributed by atoms with Gasteiger partial charge in [-0.25, -0.2) is 4.79 Å². The van der Waals surface area contributed by atoms with Crippen LogP contribution in [0.15, 0.2) is 30.3 Å². The molecule has 0 aromatic heterocycles. The Morgan fingerprint density at radius 2 is 2.06 bits per heavy atom. The Labute approximate surface area is 106 Å². The lowest BCUT2D eigenvalue weighted by Crippen LogP contribution is -2.33. The first-order chi connectivity index (χ1) is 8.27. The van der Waals surface area contributed by atoms with E-state index in [9.17, 15) is 4.79 Å². The lowest BCUT2D eigenvalue weighted by molar-refractivity contribution is 0.0961. The van der Waals surface area contributed by atoms with Crippen LogP contribution in [0.1, 0.15) is 5.56 Å². The highest BCUT2D eigenvalue weighted by Gasteiger charge is 2.14. The van der Waals surface area contributed by atoms with Crippen molar-refractivity contribution in [1.82, 2.24) is 4.90 Å². The first-order valence-electron chi connectivity index (χ1n) is 5.40. The number of ether oxygens (including phenoxy) is 1. The largest absolute Gasteiger partial charge is 0.448 e. The Kier molecular flexibility index (Phi) is 6.43. The average Bonchev–Trinajstić information content (AvgIpc) is 2.36. The van der Waals surface area contributed by atoms with E-state index in [4.69, 9.17) is 21.4 Å². The number of benzene rings is 1. The molecule has 4 nitrogen and oxygen atoms in total. The molecule has 0 heterocycles. The van der Waals surface area contributed by atoms with Crippen LogP contribution in [0.3, 0.4) is 0 Å². The van der Waals surface area contributed by atoms with E-state index in [0.717, 1.165) is 5.56 Å². The van der Waals surface area contributed by atoms with Crippen LogP contribution in [-0.4, -0.2) is 41.7 Å². The summed E-state index contributed by atoms with van der Waals surface area (Å²) in [6.45, 7) is 0.748. The first kappa shape index (κ1) is 13.8. The molecule has 1 aromatic carbocycles. The van der Waals surface area contributed by atoms with Gasteiger partial charge in [0.1, 0.15) is 6.61 Å². The van der Waals surface area contributed by atoms with Crippen molar-refractivity contribution >= 4 is 17.7 Å². The molecule has 0 saturated carbocycles. The fourth-order valence-electron chi connectivity index (χ4n) is 1.38. The summed E-state index contributed by atoms with van der Waals surface area (Å²) in [7, 11) is 0. The van der Waals surface area contributed by atoms with Crippen molar-refractivity contribution in [1.29, 1.82) is 0 Å². The molecule has 1 aromatic rings. The molecule has 0 spiro atoms. The number of aliphatic hydroxyl groups excluding tert-OH is 1. The lowest BCUT2D eigenvalue weighted by Gasteiger charge is -2.21. The van der Waals surface area contributed by atoms with Crippen molar-refractivity contribution in [2.75, 3.05) is 25.6 Å². The molecule has 0 radical (unpaired) electrons. The zero-order valence-electron chi connectivity index (χ0n) is 9.51. The van der Waals surface area contributed by atoms with Crippen LogP contribution < -0.4 is 0 Å². The molecule has 0 saturated heterocycles. The molecule has 0 fully saturated rings. The van der Waals surface area contributed by atoms with Gasteiger partial charge in [0.25, 0.3) is 0 Å². The SMILES string of the molecule is O=C(OCCCl)N(CCO)Cc1ccccc1. The first-order valence-corrected chi connectivity index (χ1v) is 5.94. The minimum absolute atomic E-state index is 0.0944. The van der Waals surface area contributed by atoms with Crippen LogP contribution >= 0.6 is 11.6 Å². The van der Waals surface area contributed by atoms with E-state index in [1.807, 2.05) is 30.3 Å². The van der Waals surface area contributed by atoms with E-state index >= 15 is 0 Å². The van der Waals surface area contributed by atoms with Gasteiger partial charge in [-0.1, -0.05) is 30.3 Å². The van der Waals surface area contributed by atoms with Gasteiger partial charge in [-0.2, -0.15) is 0 Å². The molecule has 17 heavy (non-hydrogen) atoms. The molecule has 0 aliphatic carbocycles. The van der Waals surface area contributed by atoms with Crippen LogP contribution in [0.25, 0.3) is 0 Å². The Morgan fingerprint density at radius 3 is 2.65 bits per heavy atom. The lowest BCUT2D eigenvalue weighted by atomic mass is 10.2. The highest BCUT2D eigenvalue weighted by Crippen LogP contribution is 2.05. The number of halogens is 1. The second-order valence-corrected chi connectivity index (χ2v) is 3.81. The van der Waals surface area contributed by atoms with E-state index < -0.39 is 6.09 Å². The van der Waals surface area contributed by atoms with Gasteiger partial charge in [-0.15, -0.1) is 11.6 Å². The number of alkyl halides is 1. The molecule has 94 valence electrons. The van der Waals surface area contributed by atoms with Crippen LogP contribution in [0.4, 0.5) is 4.79 Å². The van der Waals surface area contributed by atoms with E-state index in [2.05, 4.69) is 0 Å². The van der Waals surface area contributed by atoms with Crippen LogP contribution in [-0.2, 0) is 11.3 Å². The number of carbonyl (C=O) groups excluding carboxylic acids is 1. The number of amides is 1.